The van der Waals surface area contributed by atoms with Gasteiger partial charge in [0, 0.05) is 17.5 Å². The van der Waals surface area contributed by atoms with Gasteiger partial charge in [0.2, 0.25) is 11.0 Å². The first-order chi connectivity index (χ1) is 9.29. The van der Waals surface area contributed by atoms with Crippen LogP contribution in [0.5, 0.6) is 0 Å². The second kappa shape index (κ2) is 5.54. The summed E-state index contributed by atoms with van der Waals surface area (Å²) in [6.07, 6.45) is 2.71. The van der Waals surface area contributed by atoms with Crippen molar-refractivity contribution in [2.45, 2.75) is 6.42 Å². The third-order valence-corrected chi connectivity index (χ3v) is 4.31. The van der Waals surface area contributed by atoms with Crippen molar-refractivity contribution in [3.05, 3.63) is 47.0 Å². The van der Waals surface area contributed by atoms with Crippen LogP contribution in [0.1, 0.15) is 10.4 Å². The molecule has 1 aromatic heterocycles. The number of amidine groups is 1. The van der Waals surface area contributed by atoms with Gasteiger partial charge in [-0.25, -0.2) is 4.98 Å². The SMILES string of the molecule is O=C1CS/C(=N\c2ncc(Cc3ccccc3)s2)N1. The van der Waals surface area contributed by atoms with Crippen LogP contribution in [0.3, 0.4) is 0 Å². The lowest BCUT2D eigenvalue weighted by Gasteiger charge is -1.96. The predicted molar refractivity (Wildman–Crippen MR) is 79.1 cm³/mol. The van der Waals surface area contributed by atoms with Crippen molar-refractivity contribution < 1.29 is 4.79 Å². The first-order valence-electron chi connectivity index (χ1n) is 5.79. The molecule has 1 amide bonds. The van der Waals surface area contributed by atoms with Crippen LogP contribution < -0.4 is 5.32 Å². The Morgan fingerprint density at radius 2 is 2.16 bits per heavy atom. The van der Waals surface area contributed by atoms with E-state index in [2.05, 4.69) is 27.4 Å². The number of aliphatic imine (C=N–C) groups is 1. The average Bonchev–Trinajstić information content (AvgIpc) is 3.01. The Morgan fingerprint density at radius 1 is 1.32 bits per heavy atom. The molecule has 1 N–H and O–H groups in total. The molecule has 0 radical (unpaired) electrons. The van der Waals surface area contributed by atoms with E-state index in [1.807, 2.05) is 24.4 Å². The number of thioether (sulfide) groups is 1. The van der Waals surface area contributed by atoms with E-state index >= 15 is 0 Å². The molecule has 0 bridgehead atoms. The highest BCUT2D eigenvalue weighted by Crippen LogP contribution is 2.25. The van der Waals surface area contributed by atoms with Crippen LogP contribution in [0.25, 0.3) is 0 Å². The summed E-state index contributed by atoms with van der Waals surface area (Å²) in [4.78, 5) is 20.8. The molecule has 1 aromatic carbocycles. The predicted octanol–water partition coefficient (Wildman–Crippen LogP) is 2.58. The number of carbonyl (C=O) groups is 1. The summed E-state index contributed by atoms with van der Waals surface area (Å²) in [7, 11) is 0. The van der Waals surface area contributed by atoms with Gasteiger partial charge in [-0.15, -0.1) is 0 Å². The maximum absolute atomic E-state index is 11.1. The third-order valence-electron chi connectivity index (χ3n) is 2.55. The minimum Gasteiger partial charge on any atom is -0.304 e. The molecule has 2 heterocycles. The minimum absolute atomic E-state index is 0.00446. The molecule has 19 heavy (non-hydrogen) atoms. The molecule has 1 aliphatic heterocycles. The van der Waals surface area contributed by atoms with Crippen LogP contribution >= 0.6 is 23.1 Å². The fourth-order valence-electron chi connectivity index (χ4n) is 1.70. The van der Waals surface area contributed by atoms with Gasteiger partial charge in [0.1, 0.15) is 0 Å². The Kier molecular flexibility index (Phi) is 3.61. The smallest absolute Gasteiger partial charge is 0.236 e. The zero-order chi connectivity index (χ0) is 13.1. The highest BCUT2D eigenvalue weighted by atomic mass is 32.2. The number of carbonyl (C=O) groups excluding carboxylic acids is 1. The number of hydrogen-bond acceptors (Lipinski definition) is 5. The molecule has 0 saturated carbocycles. The standard InChI is InChI=1S/C13H11N3OS2/c17-11-8-18-13(15-11)16-12-14-7-10(19-12)6-9-4-2-1-3-5-9/h1-5,7H,6,8H2,(H,14,15,16,17). The molecule has 4 nitrogen and oxygen atoms in total. The van der Waals surface area contributed by atoms with Gasteiger partial charge < -0.3 is 5.32 Å². The maximum atomic E-state index is 11.1. The Balaban J connectivity index is 1.71. The number of rotatable bonds is 3. The van der Waals surface area contributed by atoms with Gasteiger partial charge in [-0.2, -0.15) is 4.99 Å². The number of hydrogen-bond donors (Lipinski definition) is 1. The fraction of sp³-hybridized carbons (Fsp3) is 0.154. The van der Waals surface area contributed by atoms with Gasteiger partial charge >= 0.3 is 0 Å². The monoisotopic (exact) mass is 289 g/mol. The van der Waals surface area contributed by atoms with Gasteiger partial charge in [0.25, 0.3) is 0 Å². The molecule has 1 fully saturated rings. The molecule has 0 unspecified atom stereocenters. The Morgan fingerprint density at radius 3 is 2.89 bits per heavy atom. The van der Waals surface area contributed by atoms with E-state index in [1.165, 1.54) is 22.2 Å². The van der Waals surface area contributed by atoms with Crippen molar-refractivity contribution >= 4 is 39.3 Å². The number of nitrogens with zero attached hydrogens (tertiary/aromatic N) is 2. The van der Waals surface area contributed by atoms with Crippen molar-refractivity contribution in [1.82, 2.24) is 10.3 Å². The minimum atomic E-state index is 0.00446. The second-order valence-electron chi connectivity index (χ2n) is 4.03. The molecule has 0 aliphatic carbocycles. The highest BCUT2D eigenvalue weighted by molar-refractivity contribution is 8.15. The first kappa shape index (κ1) is 12.4. The van der Waals surface area contributed by atoms with E-state index < -0.39 is 0 Å². The fourth-order valence-corrected chi connectivity index (χ4v) is 3.26. The lowest BCUT2D eigenvalue weighted by Crippen LogP contribution is -2.19. The van der Waals surface area contributed by atoms with Crippen molar-refractivity contribution in [3.63, 3.8) is 0 Å². The summed E-state index contributed by atoms with van der Waals surface area (Å²) >= 11 is 2.97. The number of amides is 1. The molecule has 2 aromatic rings. The van der Waals surface area contributed by atoms with Gasteiger partial charge in [-0.3, -0.25) is 4.79 Å². The zero-order valence-corrected chi connectivity index (χ0v) is 11.6. The van der Waals surface area contributed by atoms with Crippen molar-refractivity contribution in [1.29, 1.82) is 0 Å². The molecule has 96 valence electrons. The van der Waals surface area contributed by atoms with Gasteiger partial charge in [0.15, 0.2) is 5.17 Å². The summed E-state index contributed by atoms with van der Waals surface area (Å²) in [5, 5.41) is 4.04. The maximum Gasteiger partial charge on any atom is 0.236 e. The van der Waals surface area contributed by atoms with Crippen LogP contribution in [0.4, 0.5) is 5.13 Å². The summed E-state index contributed by atoms with van der Waals surface area (Å²) in [6, 6.07) is 10.3. The van der Waals surface area contributed by atoms with Crippen LogP contribution in [-0.2, 0) is 11.2 Å². The summed E-state index contributed by atoms with van der Waals surface area (Å²) < 4.78 is 0. The molecule has 6 heteroatoms. The topological polar surface area (TPSA) is 54.4 Å². The van der Waals surface area contributed by atoms with Gasteiger partial charge in [-0.1, -0.05) is 53.4 Å². The summed E-state index contributed by atoms with van der Waals surface area (Å²) in [5.74, 6) is 0.450. The molecule has 0 atom stereocenters. The zero-order valence-electron chi connectivity index (χ0n) is 10.00. The molecular formula is C13H11N3OS2. The molecule has 1 saturated heterocycles. The number of aromatic nitrogens is 1. The van der Waals surface area contributed by atoms with Gasteiger partial charge in [0.05, 0.1) is 5.75 Å². The van der Waals surface area contributed by atoms with E-state index in [4.69, 9.17) is 0 Å². The normalized spacial score (nSPS) is 16.8. The largest absolute Gasteiger partial charge is 0.304 e. The summed E-state index contributed by atoms with van der Waals surface area (Å²) in [6.45, 7) is 0. The lowest BCUT2D eigenvalue weighted by atomic mass is 10.1. The van der Waals surface area contributed by atoms with E-state index in [1.54, 1.807) is 11.3 Å². The van der Waals surface area contributed by atoms with E-state index in [-0.39, 0.29) is 5.91 Å². The average molecular weight is 289 g/mol. The van der Waals surface area contributed by atoms with Crippen LogP contribution in [0.2, 0.25) is 0 Å². The lowest BCUT2D eigenvalue weighted by molar-refractivity contribution is -0.116. The Bertz CT molecular complexity index is 622. The highest BCUT2D eigenvalue weighted by Gasteiger charge is 2.17. The third kappa shape index (κ3) is 3.21. The number of thiazole rings is 1. The van der Waals surface area contributed by atoms with Crippen molar-refractivity contribution in [2.24, 2.45) is 4.99 Å². The van der Waals surface area contributed by atoms with E-state index in [0.29, 0.717) is 16.1 Å². The van der Waals surface area contributed by atoms with Crippen molar-refractivity contribution in [3.8, 4) is 0 Å². The second-order valence-corrected chi connectivity index (χ2v) is 6.08. The molecule has 3 rings (SSSR count). The first-order valence-corrected chi connectivity index (χ1v) is 7.60. The van der Waals surface area contributed by atoms with E-state index in [0.717, 1.165) is 6.42 Å². The number of benzene rings is 1. The van der Waals surface area contributed by atoms with Crippen molar-refractivity contribution in [2.75, 3.05) is 5.75 Å². The van der Waals surface area contributed by atoms with Crippen LogP contribution in [-0.4, -0.2) is 21.8 Å². The Hall–Kier alpha value is -1.66. The van der Waals surface area contributed by atoms with E-state index in [9.17, 15) is 4.79 Å². The van der Waals surface area contributed by atoms with Crippen LogP contribution in [0.15, 0.2) is 41.5 Å². The summed E-state index contributed by atoms with van der Waals surface area (Å²) in [5.41, 5.74) is 1.26. The van der Waals surface area contributed by atoms with Crippen LogP contribution in [0, 0.1) is 0 Å². The molecule has 1 aliphatic rings. The number of nitrogens with one attached hydrogen (secondary N) is 1. The Labute approximate surface area is 119 Å². The quantitative estimate of drug-likeness (QED) is 0.945. The van der Waals surface area contributed by atoms with Gasteiger partial charge in [-0.05, 0) is 5.56 Å². The molecular weight excluding hydrogens is 278 g/mol. The molecule has 0 spiro atoms.